The number of aromatic amines is 1. The molecule has 0 saturated carbocycles. The van der Waals surface area contributed by atoms with Gasteiger partial charge in [0.25, 0.3) is 0 Å². The van der Waals surface area contributed by atoms with Crippen molar-refractivity contribution in [3.8, 4) is 0 Å². The minimum atomic E-state index is -3.67. The molecule has 0 amide bonds. The Labute approximate surface area is 72.2 Å². The first kappa shape index (κ1) is 13.8. The molecule has 0 atom stereocenters. The van der Waals surface area contributed by atoms with Gasteiger partial charge in [-0.1, -0.05) is 0 Å². The Bertz CT molecular complexity index is 183. The molecule has 0 aliphatic rings. The number of hydrogen-bond acceptors (Lipinski definition) is 0. The number of nitrogens with one attached hydrogen (secondary N) is 1. The largest absolute Gasteiger partial charge is 0.762 e. The van der Waals surface area contributed by atoms with E-state index in [-0.39, 0.29) is 8.41 Å². The monoisotopic (exact) mass is 177 g/mol. The van der Waals surface area contributed by atoms with Crippen LogP contribution in [0.4, 0.5) is 12.9 Å². The highest BCUT2D eigenvalue weighted by Crippen LogP contribution is 1.99. The third-order valence-electron chi connectivity index (χ3n) is 1.22. The second-order valence-corrected chi connectivity index (χ2v) is 2.03. The smallest absolute Gasteiger partial charge is 0.365 e. The van der Waals surface area contributed by atoms with Gasteiger partial charge in [-0.25, -0.2) is 0 Å². The molecule has 0 aromatic carbocycles. The van der Waals surface area contributed by atoms with Crippen LogP contribution in [0.1, 0.15) is 11.3 Å². The van der Waals surface area contributed by atoms with Crippen LogP contribution in [0.5, 0.6) is 0 Å². The van der Waals surface area contributed by atoms with E-state index in [2.05, 4.69) is 24.9 Å². The summed E-state index contributed by atoms with van der Waals surface area (Å²) in [5.41, 5.74) is 2.60. The average Bonchev–Trinajstić information content (AvgIpc) is 2.15. The van der Waals surface area contributed by atoms with Gasteiger partial charge in [0.05, 0.1) is 8.41 Å². The number of rotatable bonds is 0. The molecule has 6 heteroatoms. The summed E-state index contributed by atoms with van der Waals surface area (Å²) in [5, 5.41) is 0. The van der Waals surface area contributed by atoms with Crippen molar-refractivity contribution in [2.24, 2.45) is 0 Å². The summed E-state index contributed by atoms with van der Waals surface area (Å²) in [4.78, 5) is 3.07. The van der Waals surface area contributed by atoms with E-state index in [1.165, 1.54) is 11.3 Å². The van der Waals surface area contributed by atoms with Crippen LogP contribution in [0.3, 0.4) is 0 Å². The molecule has 1 nitrogen and oxygen atoms in total. The van der Waals surface area contributed by atoms with Crippen LogP contribution in [0.2, 0.25) is 0 Å². The lowest BCUT2D eigenvalue weighted by Gasteiger charge is -1.81. The molecule has 1 N–H and O–H groups in total. The van der Waals surface area contributed by atoms with Gasteiger partial charge < -0.3 is 4.98 Å². The molecule has 0 bridgehead atoms. The maximum absolute atomic E-state index is 9.67. The van der Waals surface area contributed by atoms with Crippen molar-refractivity contribution >= 4 is 16.0 Å². The van der Waals surface area contributed by atoms with Crippen molar-refractivity contribution in [1.82, 2.24) is 4.98 Å². The van der Waals surface area contributed by atoms with Crippen LogP contribution in [0.25, 0.3) is 0 Å². The highest BCUT2D eigenvalue weighted by atomic mass is 19.4. The standard InChI is InChI=1S/C6H9N.BF3.BH3/c1-5-3-4-7-6(5)2;2-1(3)4;/h3-4,7H,1-2H3;;1H3. The summed E-state index contributed by atoms with van der Waals surface area (Å²) < 4.78 is 29.0. The first-order valence-corrected chi connectivity index (χ1v) is 3.07. The van der Waals surface area contributed by atoms with Gasteiger partial charge in [0, 0.05) is 11.9 Å². The Hall–Kier alpha value is -0.800. The Balaban J connectivity index is 0. The molecular weight excluding hydrogens is 165 g/mol. The number of halogens is 3. The third-order valence-corrected chi connectivity index (χ3v) is 1.22. The van der Waals surface area contributed by atoms with Crippen LogP contribution in [0, 0.1) is 13.8 Å². The molecule has 1 aromatic rings. The van der Waals surface area contributed by atoms with Crippen molar-refractivity contribution in [1.29, 1.82) is 0 Å². The van der Waals surface area contributed by atoms with Gasteiger partial charge in [-0.2, -0.15) is 0 Å². The predicted octanol–water partition coefficient (Wildman–Crippen LogP) is 1.33. The molecule has 1 aromatic heterocycles. The van der Waals surface area contributed by atoms with Gasteiger partial charge in [-0.05, 0) is 25.5 Å². The highest BCUT2D eigenvalue weighted by molar-refractivity contribution is 6.33. The SMILES string of the molecule is B.Cc1cc[nH]c1C.FB(F)F. The summed E-state index contributed by atoms with van der Waals surface area (Å²) in [7, 11) is -3.67. The van der Waals surface area contributed by atoms with E-state index in [1.807, 2.05) is 6.20 Å². The zero-order valence-corrected chi connectivity index (χ0v) is 6.37. The molecule has 1 heterocycles. The fourth-order valence-electron chi connectivity index (χ4n) is 0.531. The van der Waals surface area contributed by atoms with Crippen molar-refractivity contribution in [3.63, 3.8) is 0 Å². The molecule has 1 rings (SSSR count). The topological polar surface area (TPSA) is 15.8 Å². The van der Waals surface area contributed by atoms with Crippen LogP contribution in [-0.4, -0.2) is 20.9 Å². The van der Waals surface area contributed by atoms with Crippen LogP contribution < -0.4 is 0 Å². The van der Waals surface area contributed by atoms with Crippen LogP contribution >= 0.6 is 0 Å². The first-order chi connectivity index (χ1) is 5.04. The number of hydrogen-bond donors (Lipinski definition) is 1. The maximum atomic E-state index is 9.67. The number of aryl methyl sites for hydroxylation is 2. The summed E-state index contributed by atoms with van der Waals surface area (Å²) in [5.74, 6) is 0. The Kier molecular flexibility index (Phi) is 7.90. The fourth-order valence-corrected chi connectivity index (χ4v) is 0.531. The zero-order valence-electron chi connectivity index (χ0n) is 6.37. The van der Waals surface area contributed by atoms with E-state index in [1.54, 1.807) is 0 Å². The third kappa shape index (κ3) is 7.31. The van der Waals surface area contributed by atoms with Crippen molar-refractivity contribution < 1.29 is 12.9 Å². The quantitative estimate of drug-likeness (QED) is 0.575. The molecule has 0 aliphatic carbocycles. The molecule has 0 radical (unpaired) electrons. The van der Waals surface area contributed by atoms with E-state index in [4.69, 9.17) is 0 Å². The van der Waals surface area contributed by atoms with Gasteiger partial charge in [0.2, 0.25) is 0 Å². The second-order valence-electron chi connectivity index (χ2n) is 2.03. The second kappa shape index (κ2) is 6.88. The van der Waals surface area contributed by atoms with E-state index in [9.17, 15) is 12.9 Å². The summed E-state index contributed by atoms with van der Waals surface area (Å²) >= 11 is 0. The lowest BCUT2D eigenvalue weighted by molar-refractivity contribution is 0.535. The van der Waals surface area contributed by atoms with E-state index >= 15 is 0 Å². The average molecular weight is 177 g/mol. The molecule has 0 saturated heterocycles. The normalized spacial score (nSPS) is 7.75. The van der Waals surface area contributed by atoms with Gasteiger partial charge >= 0.3 is 7.54 Å². The van der Waals surface area contributed by atoms with E-state index in [0.717, 1.165) is 0 Å². The summed E-state index contributed by atoms with van der Waals surface area (Å²) in [6.45, 7) is 4.15. The minimum absolute atomic E-state index is 0. The van der Waals surface area contributed by atoms with Gasteiger partial charge in [0.1, 0.15) is 0 Å². The molecule has 0 aliphatic heterocycles. The first-order valence-electron chi connectivity index (χ1n) is 3.07. The molecule has 0 unspecified atom stereocenters. The van der Waals surface area contributed by atoms with Crippen LogP contribution in [-0.2, 0) is 0 Å². The Morgan fingerprint density at radius 3 is 1.75 bits per heavy atom. The van der Waals surface area contributed by atoms with Crippen molar-refractivity contribution in [2.75, 3.05) is 0 Å². The highest BCUT2D eigenvalue weighted by Gasteiger charge is 2.06. The van der Waals surface area contributed by atoms with Crippen LogP contribution in [0.15, 0.2) is 12.3 Å². The van der Waals surface area contributed by atoms with Crippen molar-refractivity contribution in [2.45, 2.75) is 13.8 Å². The molecular formula is C6H12B2F3N. The van der Waals surface area contributed by atoms with E-state index in [0.29, 0.717) is 0 Å². The molecule has 68 valence electrons. The summed E-state index contributed by atoms with van der Waals surface area (Å²) in [6, 6.07) is 2.06. The number of aromatic nitrogens is 1. The maximum Gasteiger partial charge on any atom is 0.762 e. The molecule has 0 spiro atoms. The predicted molar refractivity (Wildman–Crippen MR) is 49.3 cm³/mol. The zero-order chi connectivity index (χ0) is 8.85. The molecule has 0 fully saturated rings. The minimum Gasteiger partial charge on any atom is -0.365 e. The summed E-state index contributed by atoms with van der Waals surface area (Å²) in [6.07, 6.45) is 1.95. The van der Waals surface area contributed by atoms with Gasteiger partial charge in [0.15, 0.2) is 0 Å². The lowest BCUT2D eigenvalue weighted by atomic mass is 10.3. The van der Waals surface area contributed by atoms with Gasteiger partial charge in [-0.15, -0.1) is 0 Å². The molecule has 12 heavy (non-hydrogen) atoms. The number of H-pyrrole nitrogens is 1. The van der Waals surface area contributed by atoms with E-state index < -0.39 is 7.54 Å². The Morgan fingerprint density at radius 2 is 1.67 bits per heavy atom. The fraction of sp³-hybridized carbons (Fsp3) is 0.333. The lowest BCUT2D eigenvalue weighted by Crippen LogP contribution is -1.76. The van der Waals surface area contributed by atoms with Gasteiger partial charge in [-0.3, -0.25) is 12.9 Å². The van der Waals surface area contributed by atoms with Crippen molar-refractivity contribution in [3.05, 3.63) is 23.5 Å². The Morgan fingerprint density at radius 1 is 1.25 bits per heavy atom.